The van der Waals surface area contributed by atoms with Crippen LogP contribution in [0, 0.1) is 0 Å². The second-order valence-corrected chi connectivity index (χ2v) is 15.4. The van der Waals surface area contributed by atoms with Gasteiger partial charge in [-0.05, 0) is 39.6 Å². The maximum absolute atomic E-state index is 8.35. The molecule has 3 aromatic carbocycles. The van der Waals surface area contributed by atoms with Gasteiger partial charge in [0.15, 0.2) is 0 Å². The Bertz CT molecular complexity index is 1460. The maximum atomic E-state index is 8.35. The Labute approximate surface area is 184 Å². The molecule has 150 valence electrons. The summed E-state index contributed by atoms with van der Waals surface area (Å²) in [4.78, 5) is 9.22. The topological polar surface area (TPSA) is 25.8 Å². The highest BCUT2D eigenvalue weighted by atomic mass is 32.1. The molecule has 2 nitrogen and oxygen atoms in total. The van der Waals surface area contributed by atoms with E-state index in [0.717, 1.165) is 26.9 Å². The fourth-order valence-corrected chi connectivity index (χ4v) is 7.95. The van der Waals surface area contributed by atoms with E-state index in [1.54, 1.807) is 11.3 Å². The van der Waals surface area contributed by atoms with E-state index in [2.05, 4.69) is 98.1 Å². The first kappa shape index (κ1) is 18.2. The van der Waals surface area contributed by atoms with E-state index in [0.29, 0.717) is 5.92 Å². The first-order chi connectivity index (χ1) is 14.7. The molecule has 0 saturated heterocycles. The van der Waals surface area contributed by atoms with Gasteiger partial charge in [0.2, 0.25) is 0 Å². The fraction of sp³-hybridized carbons (Fsp3) is 0.231. The second kappa shape index (κ2) is 7.00. The van der Waals surface area contributed by atoms with Crippen LogP contribution in [0.25, 0.3) is 42.3 Å². The summed E-state index contributed by atoms with van der Waals surface area (Å²) in [6.07, 6.45) is 0.0832. The Kier molecular flexibility index (Phi) is 4.25. The van der Waals surface area contributed by atoms with Crippen LogP contribution in [-0.2, 0) is 0 Å². The number of hydrogen-bond donors (Lipinski definition) is 0. The largest absolute Gasteiger partial charge is 0.235 e. The summed E-state index contributed by atoms with van der Waals surface area (Å²) in [6, 6.07) is 19.6. The van der Waals surface area contributed by atoms with Gasteiger partial charge in [-0.15, -0.1) is 11.3 Å². The van der Waals surface area contributed by atoms with Gasteiger partial charge in [-0.3, -0.25) is 0 Å². The molecule has 30 heavy (non-hydrogen) atoms. The van der Waals surface area contributed by atoms with Crippen LogP contribution in [0.3, 0.4) is 0 Å². The van der Waals surface area contributed by atoms with Crippen molar-refractivity contribution in [2.75, 3.05) is 0 Å². The number of thiophene rings is 1. The zero-order valence-corrected chi connectivity index (χ0v) is 19.9. The van der Waals surface area contributed by atoms with Gasteiger partial charge in [-0.1, -0.05) is 76.0 Å². The van der Waals surface area contributed by atoms with Crippen LogP contribution in [0.5, 0.6) is 0 Å². The summed E-state index contributed by atoms with van der Waals surface area (Å²) >= 11 is 1.79. The molecule has 5 rings (SSSR count). The van der Waals surface area contributed by atoms with E-state index in [9.17, 15) is 0 Å². The van der Waals surface area contributed by atoms with Crippen molar-refractivity contribution in [2.24, 2.45) is 0 Å². The Morgan fingerprint density at radius 1 is 0.900 bits per heavy atom. The Morgan fingerprint density at radius 3 is 2.43 bits per heavy atom. The molecule has 0 N–H and O–H groups in total. The zero-order chi connectivity index (χ0) is 21.9. The maximum Gasteiger partial charge on any atom is 0.116 e. The molecule has 0 aliphatic heterocycles. The normalized spacial score (nSPS) is 12.9. The molecule has 5 aromatic rings. The summed E-state index contributed by atoms with van der Waals surface area (Å²) in [7, 11) is -1.52. The van der Waals surface area contributed by atoms with E-state index >= 15 is 0 Å². The van der Waals surface area contributed by atoms with E-state index in [4.69, 9.17) is 1.37 Å². The molecule has 0 radical (unpaired) electrons. The van der Waals surface area contributed by atoms with Crippen LogP contribution in [0.1, 0.15) is 26.7 Å². The SMILES string of the molecule is [2H]c1nc(-c2cc(C(C)C)c3ccccc3c2)c2sc3c([Si](C)(C)C)cccc3c2n1. The van der Waals surface area contributed by atoms with Crippen molar-refractivity contribution in [3.05, 3.63) is 66.5 Å². The Morgan fingerprint density at radius 2 is 1.67 bits per heavy atom. The molecule has 2 heterocycles. The number of nitrogens with zero attached hydrogens (tertiary/aromatic N) is 2. The average molecular weight is 428 g/mol. The lowest BCUT2D eigenvalue weighted by Gasteiger charge is -2.17. The quantitative estimate of drug-likeness (QED) is 0.282. The molecule has 0 unspecified atom stereocenters. The van der Waals surface area contributed by atoms with E-state index < -0.39 is 8.07 Å². The molecule has 0 saturated carbocycles. The average Bonchev–Trinajstić information content (AvgIpc) is 3.10. The number of benzene rings is 3. The Balaban J connectivity index is 1.88. The highest BCUT2D eigenvalue weighted by Crippen LogP contribution is 2.39. The van der Waals surface area contributed by atoms with Gasteiger partial charge in [0.25, 0.3) is 0 Å². The fourth-order valence-electron chi connectivity index (χ4n) is 4.29. The van der Waals surface area contributed by atoms with Gasteiger partial charge in [0.05, 0.1) is 24.0 Å². The van der Waals surface area contributed by atoms with Crippen molar-refractivity contribution in [3.63, 3.8) is 0 Å². The van der Waals surface area contributed by atoms with E-state index in [1.165, 1.54) is 26.2 Å². The minimum atomic E-state index is -1.52. The van der Waals surface area contributed by atoms with Gasteiger partial charge in [0, 0.05) is 15.6 Å². The lowest BCUT2D eigenvalue weighted by Crippen LogP contribution is -2.37. The van der Waals surface area contributed by atoms with Crippen LogP contribution in [-0.4, -0.2) is 18.0 Å². The molecule has 2 aromatic heterocycles. The highest BCUT2D eigenvalue weighted by molar-refractivity contribution is 7.28. The monoisotopic (exact) mass is 427 g/mol. The number of aromatic nitrogens is 2. The molecule has 0 bridgehead atoms. The van der Waals surface area contributed by atoms with Crippen molar-refractivity contribution in [1.29, 1.82) is 0 Å². The summed E-state index contributed by atoms with van der Waals surface area (Å²) in [5, 5.41) is 5.11. The predicted octanol–water partition coefficient (Wildman–Crippen LogP) is 7.33. The number of fused-ring (bicyclic) bond motifs is 4. The predicted molar refractivity (Wildman–Crippen MR) is 135 cm³/mol. The summed E-state index contributed by atoms with van der Waals surface area (Å²) in [5.74, 6) is 0.401. The first-order valence-corrected chi connectivity index (χ1v) is 14.8. The molecule has 0 fully saturated rings. The summed E-state index contributed by atoms with van der Waals surface area (Å²) < 4.78 is 10.7. The molecule has 0 atom stereocenters. The molecule has 4 heteroatoms. The standard InChI is InChI=1S/C26H26N2SSi/c1-16(2)21-14-18(13-17-9-6-7-10-19(17)21)23-26-24(28-15-27-23)20-11-8-12-22(25(20)29-26)30(3,4)5/h6-16H,1-5H3/i15D. The highest BCUT2D eigenvalue weighted by Gasteiger charge is 2.23. The van der Waals surface area contributed by atoms with Crippen molar-refractivity contribution in [1.82, 2.24) is 9.97 Å². The van der Waals surface area contributed by atoms with Crippen LogP contribution >= 0.6 is 11.3 Å². The number of rotatable bonds is 3. The Hall–Kier alpha value is -2.56. The third-order valence-corrected chi connectivity index (χ3v) is 9.27. The lowest BCUT2D eigenvalue weighted by atomic mass is 9.92. The van der Waals surface area contributed by atoms with Crippen molar-refractivity contribution in [3.8, 4) is 11.3 Å². The number of hydrogen-bond acceptors (Lipinski definition) is 3. The first-order valence-electron chi connectivity index (χ1n) is 11.0. The molecular weight excluding hydrogens is 400 g/mol. The van der Waals surface area contributed by atoms with Crippen LogP contribution in [0.2, 0.25) is 19.6 Å². The van der Waals surface area contributed by atoms with Gasteiger partial charge in [-0.25, -0.2) is 9.97 Å². The lowest BCUT2D eigenvalue weighted by molar-refractivity contribution is 0.876. The van der Waals surface area contributed by atoms with Crippen molar-refractivity contribution < 1.29 is 1.37 Å². The summed E-state index contributed by atoms with van der Waals surface area (Å²) in [5.41, 5.74) is 4.18. The van der Waals surface area contributed by atoms with Crippen molar-refractivity contribution >= 4 is 55.7 Å². The third kappa shape index (κ3) is 3.06. The third-order valence-electron chi connectivity index (χ3n) is 5.83. The van der Waals surface area contributed by atoms with Crippen LogP contribution in [0.15, 0.2) is 60.9 Å². The van der Waals surface area contributed by atoms with E-state index in [-0.39, 0.29) is 6.30 Å². The van der Waals surface area contributed by atoms with Crippen molar-refractivity contribution in [2.45, 2.75) is 39.4 Å². The van der Waals surface area contributed by atoms with E-state index in [1.807, 2.05) is 0 Å². The van der Waals surface area contributed by atoms with Gasteiger partial charge in [-0.2, -0.15) is 0 Å². The van der Waals surface area contributed by atoms with Gasteiger partial charge in [0.1, 0.15) is 7.67 Å². The molecule has 0 aliphatic carbocycles. The molecule has 0 aliphatic rings. The molecular formula is C26H26N2SSi. The molecule has 0 spiro atoms. The second-order valence-electron chi connectivity index (χ2n) is 9.33. The van der Waals surface area contributed by atoms with Crippen LogP contribution < -0.4 is 5.19 Å². The minimum absolute atomic E-state index is 0.0832. The zero-order valence-electron chi connectivity index (χ0n) is 19.1. The van der Waals surface area contributed by atoms with Gasteiger partial charge < -0.3 is 0 Å². The summed E-state index contributed by atoms with van der Waals surface area (Å²) in [6.45, 7) is 11.6. The van der Waals surface area contributed by atoms with Gasteiger partial charge >= 0.3 is 0 Å². The molecule has 0 amide bonds. The smallest absolute Gasteiger partial charge is 0.116 e. The minimum Gasteiger partial charge on any atom is -0.235 e. The van der Waals surface area contributed by atoms with Crippen LogP contribution in [0.4, 0.5) is 0 Å².